The molecule has 1 amide bonds. The summed E-state index contributed by atoms with van der Waals surface area (Å²) in [6.07, 6.45) is -0.193. The van der Waals surface area contributed by atoms with Gasteiger partial charge in [-0.2, -0.15) is 0 Å². The fraction of sp³-hybridized carbons (Fsp3) is 0.467. The number of hydrogen-bond acceptors (Lipinski definition) is 3. The van der Waals surface area contributed by atoms with Crippen LogP contribution >= 0.6 is 0 Å². The second-order valence-electron chi connectivity index (χ2n) is 5.44. The standard InChI is InChI=1S/C15H21NO4/c1-10-4-5-12(6-11(10)2)7-13(17)16-9-15(3,20)8-14(18)19/h4-6,20H,7-9H2,1-3H3,(H,16,17)(H,18,19). The molecule has 0 fully saturated rings. The van der Waals surface area contributed by atoms with Crippen LogP contribution in [-0.4, -0.2) is 34.2 Å². The maximum atomic E-state index is 11.8. The van der Waals surface area contributed by atoms with Gasteiger partial charge in [-0.05, 0) is 37.5 Å². The van der Waals surface area contributed by atoms with E-state index in [2.05, 4.69) is 5.32 Å². The molecule has 1 atom stereocenters. The van der Waals surface area contributed by atoms with Crippen molar-refractivity contribution >= 4 is 11.9 Å². The van der Waals surface area contributed by atoms with Crippen molar-refractivity contribution in [3.8, 4) is 0 Å². The van der Waals surface area contributed by atoms with Crippen molar-refractivity contribution < 1.29 is 19.8 Å². The molecule has 0 aliphatic heterocycles. The Kier molecular flexibility index (Phi) is 5.27. The molecule has 5 nitrogen and oxygen atoms in total. The summed E-state index contributed by atoms with van der Waals surface area (Å²) < 4.78 is 0. The Bertz CT molecular complexity index is 509. The van der Waals surface area contributed by atoms with Gasteiger partial charge in [-0.25, -0.2) is 0 Å². The average Bonchev–Trinajstić information content (AvgIpc) is 2.30. The van der Waals surface area contributed by atoms with Gasteiger partial charge in [0.1, 0.15) is 0 Å². The minimum Gasteiger partial charge on any atom is -0.481 e. The first-order valence-corrected chi connectivity index (χ1v) is 6.46. The van der Waals surface area contributed by atoms with E-state index in [4.69, 9.17) is 5.11 Å². The van der Waals surface area contributed by atoms with E-state index in [0.717, 1.165) is 11.1 Å². The molecule has 1 aromatic rings. The summed E-state index contributed by atoms with van der Waals surface area (Å²) in [5.74, 6) is -1.34. The molecule has 0 saturated carbocycles. The van der Waals surface area contributed by atoms with Gasteiger partial charge in [-0.3, -0.25) is 9.59 Å². The van der Waals surface area contributed by atoms with E-state index < -0.39 is 18.0 Å². The lowest BCUT2D eigenvalue weighted by molar-refractivity contribution is -0.142. The number of aliphatic carboxylic acids is 1. The number of benzene rings is 1. The zero-order valence-electron chi connectivity index (χ0n) is 12.1. The highest BCUT2D eigenvalue weighted by Crippen LogP contribution is 2.11. The van der Waals surface area contributed by atoms with E-state index in [-0.39, 0.29) is 18.9 Å². The Morgan fingerprint density at radius 3 is 2.45 bits per heavy atom. The molecule has 0 bridgehead atoms. The third kappa shape index (κ3) is 5.40. The quantitative estimate of drug-likeness (QED) is 0.730. The predicted molar refractivity (Wildman–Crippen MR) is 75.5 cm³/mol. The fourth-order valence-corrected chi connectivity index (χ4v) is 1.84. The minimum absolute atomic E-state index is 0.0804. The van der Waals surface area contributed by atoms with E-state index in [1.807, 2.05) is 32.0 Å². The number of rotatable bonds is 6. The molecular weight excluding hydrogens is 258 g/mol. The summed E-state index contributed by atoms with van der Waals surface area (Å²) >= 11 is 0. The zero-order chi connectivity index (χ0) is 15.3. The Morgan fingerprint density at radius 1 is 1.25 bits per heavy atom. The lowest BCUT2D eigenvalue weighted by atomic mass is 10.0. The first kappa shape index (κ1) is 16.2. The Balaban J connectivity index is 2.51. The van der Waals surface area contributed by atoms with Crippen LogP contribution in [0.2, 0.25) is 0 Å². The van der Waals surface area contributed by atoms with Crippen LogP contribution in [0.15, 0.2) is 18.2 Å². The molecule has 1 unspecified atom stereocenters. The van der Waals surface area contributed by atoms with Gasteiger partial charge < -0.3 is 15.5 Å². The molecule has 3 N–H and O–H groups in total. The Hall–Kier alpha value is -1.88. The normalized spacial score (nSPS) is 13.6. The number of carbonyl (C=O) groups is 2. The summed E-state index contributed by atoms with van der Waals surface area (Å²) in [6.45, 7) is 5.29. The Labute approximate surface area is 118 Å². The van der Waals surface area contributed by atoms with Crippen molar-refractivity contribution in [1.82, 2.24) is 5.32 Å². The number of nitrogens with one attached hydrogen (secondary N) is 1. The minimum atomic E-state index is -1.44. The summed E-state index contributed by atoms with van der Waals surface area (Å²) in [5, 5.41) is 21.0. The topological polar surface area (TPSA) is 86.6 Å². The van der Waals surface area contributed by atoms with Crippen LogP contribution in [0.1, 0.15) is 30.0 Å². The molecule has 20 heavy (non-hydrogen) atoms. The number of amides is 1. The zero-order valence-corrected chi connectivity index (χ0v) is 12.1. The summed E-state index contributed by atoms with van der Waals surface area (Å²) in [5.41, 5.74) is 1.74. The van der Waals surface area contributed by atoms with Crippen LogP contribution in [0.5, 0.6) is 0 Å². The molecule has 0 spiro atoms. The molecule has 1 aromatic carbocycles. The SMILES string of the molecule is Cc1ccc(CC(=O)NCC(C)(O)CC(=O)O)cc1C. The van der Waals surface area contributed by atoms with Crippen LogP contribution in [-0.2, 0) is 16.0 Å². The van der Waals surface area contributed by atoms with E-state index in [0.29, 0.717) is 0 Å². The predicted octanol–water partition coefficient (Wildman–Crippen LogP) is 1.19. The molecule has 0 saturated heterocycles. The Morgan fingerprint density at radius 2 is 1.90 bits per heavy atom. The smallest absolute Gasteiger partial charge is 0.306 e. The summed E-state index contributed by atoms with van der Waals surface area (Å²) in [7, 11) is 0. The van der Waals surface area contributed by atoms with Crippen molar-refractivity contribution in [2.75, 3.05) is 6.54 Å². The van der Waals surface area contributed by atoms with Crippen molar-refractivity contribution in [3.63, 3.8) is 0 Å². The lowest BCUT2D eigenvalue weighted by Gasteiger charge is -2.21. The summed E-state index contributed by atoms with van der Waals surface area (Å²) in [6, 6.07) is 5.79. The monoisotopic (exact) mass is 279 g/mol. The largest absolute Gasteiger partial charge is 0.481 e. The van der Waals surface area contributed by atoms with Gasteiger partial charge in [0.25, 0.3) is 0 Å². The maximum absolute atomic E-state index is 11.8. The number of aryl methyl sites for hydroxylation is 2. The van der Waals surface area contributed by atoms with E-state index in [9.17, 15) is 14.7 Å². The van der Waals surface area contributed by atoms with Gasteiger partial charge in [0.15, 0.2) is 0 Å². The second kappa shape index (κ2) is 6.52. The van der Waals surface area contributed by atoms with Gasteiger partial charge in [-0.1, -0.05) is 18.2 Å². The molecule has 0 aliphatic carbocycles. The molecule has 0 aromatic heterocycles. The van der Waals surface area contributed by atoms with Crippen LogP contribution < -0.4 is 5.32 Å². The molecule has 0 radical (unpaired) electrons. The van der Waals surface area contributed by atoms with Crippen LogP contribution in [0.3, 0.4) is 0 Å². The summed E-state index contributed by atoms with van der Waals surface area (Å²) in [4.78, 5) is 22.3. The molecular formula is C15H21NO4. The van der Waals surface area contributed by atoms with Gasteiger partial charge in [0.2, 0.25) is 5.91 Å². The molecule has 0 aliphatic rings. The first-order chi connectivity index (χ1) is 9.19. The van der Waals surface area contributed by atoms with Crippen molar-refractivity contribution in [2.45, 2.75) is 39.2 Å². The third-order valence-corrected chi connectivity index (χ3v) is 3.13. The highest BCUT2D eigenvalue weighted by molar-refractivity contribution is 5.78. The third-order valence-electron chi connectivity index (χ3n) is 3.13. The molecule has 5 heteroatoms. The van der Waals surface area contributed by atoms with Crippen molar-refractivity contribution in [2.24, 2.45) is 0 Å². The number of hydrogen-bond donors (Lipinski definition) is 3. The molecule has 110 valence electrons. The van der Waals surface area contributed by atoms with Gasteiger partial charge in [-0.15, -0.1) is 0 Å². The first-order valence-electron chi connectivity index (χ1n) is 6.46. The lowest BCUT2D eigenvalue weighted by Crippen LogP contribution is -2.42. The van der Waals surface area contributed by atoms with Crippen molar-refractivity contribution in [1.29, 1.82) is 0 Å². The highest BCUT2D eigenvalue weighted by Gasteiger charge is 2.24. The molecule has 0 heterocycles. The highest BCUT2D eigenvalue weighted by atomic mass is 16.4. The molecule has 1 rings (SSSR count). The van der Waals surface area contributed by atoms with E-state index >= 15 is 0 Å². The van der Waals surface area contributed by atoms with E-state index in [1.165, 1.54) is 12.5 Å². The maximum Gasteiger partial charge on any atom is 0.306 e. The van der Waals surface area contributed by atoms with Crippen LogP contribution in [0, 0.1) is 13.8 Å². The fourth-order valence-electron chi connectivity index (χ4n) is 1.84. The number of carboxylic acid groups (broad SMARTS) is 1. The van der Waals surface area contributed by atoms with Gasteiger partial charge in [0, 0.05) is 6.54 Å². The average molecular weight is 279 g/mol. The van der Waals surface area contributed by atoms with Crippen LogP contribution in [0.4, 0.5) is 0 Å². The second-order valence-corrected chi connectivity index (χ2v) is 5.44. The van der Waals surface area contributed by atoms with Crippen molar-refractivity contribution in [3.05, 3.63) is 34.9 Å². The van der Waals surface area contributed by atoms with Crippen LogP contribution in [0.25, 0.3) is 0 Å². The van der Waals surface area contributed by atoms with Gasteiger partial charge in [0.05, 0.1) is 18.4 Å². The number of aliphatic hydroxyl groups is 1. The number of carboxylic acids is 1. The van der Waals surface area contributed by atoms with E-state index in [1.54, 1.807) is 0 Å². The number of carbonyl (C=O) groups excluding carboxylic acids is 1. The van der Waals surface area contributed by atoms with Gasteiger partial charge >= 0.3 is 5.97 Å².